The van der Waals surface area contributed by atoms with Crippen molar-refractivity contribution in [3.05, 3.63) is 65.3 Å². The van der Waals surface area contributed by atoms with Gasteiger partial charge in [-0.3, -0.25) is 4.79 Å². The van der Waals surface area contributed by atoms with Crippen molar-refractivity contribution in [3.8, 4) is 5.75 Å². The van der Waals surface area contributed by atoms with Gasteiger partial charge in [-0.1, -0.05) is 48.9 Å². The third-order valence-corrected chi connectivity index (χ3v) is 5.14. The second kappa shape index (κ2) is 8.07. The number of ether oxygens (including phenoxy) is 1. The maximum Gasteiger partial charge on any atom is 0.262 e. The normalized spacial score (nSPS) is 15.8. The number of benzene rings is 2. The quantitative estimate of drug-likeness (QED) is 0.658. The van der Waals surface area contributed by atoms with Gasteiger partial charge in [0.05, 0.1) is 17.7 Å². The van der Waals surface area contributed by atoms with E-state index in [0.29, 0.717) is 30.5 Å². The largest absolute Gasteiger partial charge is 0.477 e. The van der Waals surface area contributed by atoms with Gasteiger partial charge in [-0.25, -0.2) is 4.98 Å². The first-order chi connectivity index (χ1) is 13.7. The fraction of sp³-hybridized carbons (Fsp3) is 0.273. The molecule has 1 amide bonds. The predicted octanol–water partition coefficient (Wildman–Crippen LogP) is 4.18. The molecule has 28 heavy (non-hydrogen) atoms. The van der Waals surface area contributed by atoms with Crippen LogP contribution in [0.2, 0.25) is 5.15 Å². The monoisotopic (exact) mass is 395 g/mol. The van der Waals surface area contributed by atoms with E-state index in [0.717, 1.165) is 28.6 Å². The lowest BCUT2D eigenvalue weighted by molar-refractivity contribution is -0.127. The summed E-state index contributed by atoms with van der Waals surface area (Å²) < 4.78 is 5.96. The molecule has 6 heteroatoms. The van der Waals surface area contributed by atoms with Gasteiger partial charge in [-0.2, -0.15) is 0 Å². The smallest absolute Gasteiger partial charge is 0.262 e. The first-order valence-electron chi connectivity index (χ1n) is 9.48. The average molecular weight is 396 g/mol. The Morgan fingerprint density at radius 2 is 2.04 bits per heavy atom. The summed E-state index contributed by atoms with van der Waals surface area (Å²) in [5, 5.41) is 4.45. The van der Waals surface area contributed by atoms with Crippen molar-refractivity contribution in [2.45, 2.75) is 26.0 Å². The van der Waals surface area contributed by atoms with E-state index >= 15 is 0 Å². The van der Waals surface area contributed by atoms with Crippen LogP contribution in [0.3, 0.4) is 0 Å². The molecule has 2 heterocycles. The third kappa shape index (κ3) is 3.76. The van der Waals surface area contributed by atoms with Crippen molar-refractivity contribution in [1.82, 2.24) is 10.3 Å². The number of aromatic nitrogens is 1. The predicted molar refractivity (Wildman–Crippen MR) is 112 cm³/mol. The molecule has 3 aromatic rings. The number of para-hydroxylation sites is 3. The summed E-state index contributed by atoms with van der Waals surface area (Å²) in [4.78, 5) is 19.2. The lowest BCUT2D eigenvalue weighted by atomic mass is 10.1. The Bertz CT molecular complexity index is 1010. The van der Waals surface area contributed by atoms with E-state index in [9.17, 15) is 4.79 Å². The van der Waals surface area contributed by atoms with E-state index in [-0.39, 0.29) is 5.91 Å². The number of rotatable bonds is 5. The minimum atomic E-state index is -0.561. The number of anilines is 1. The SMILES string of the molecule is CCCNC(=O)[C@H]1CN(Cc2cc3ccccc3nc2Cl)c2ccccc2O1. The second-order valence-corrected chi connectivity index (χ2v) is 7.23. The minimum absolute atomic E-state index is 0.0934. The molecule has 144 valence electrons. The molecule has 1 aromatic heterocycles. The van der Waals surface area contributed by atoms with Gasteiger partial charge < -0.3 is 15.0 Å². The summed E-state index contributed by atoms with van der Waals surface area (Å²) in [6, 6.07) is 17.7. The zero-order valence-corrected chi connectivity index (χ0v) is 16.4. The van der Waals surface area contributed by atoms with Gasteiger partial charge in [0.15, 0.2) is 6.10 Å². The highest BCUT2D eigenvalue weighted by atomic mass is 35.5. The Morgan fingerprint density at radius 3 is 2.89 bits per heavy atom. The summed E-state index contributed by atoms with van der Waals surface area (Å²) in [6.07, 6.45) is 0.325. The molecule has 0 saturated carbocycles. The molecule has 0 saturated heterocycles. The van der Waals surface area contributed by atoms with Crippen molar-refractivity contribution >= 4 is 34.1 Å². The van der Waals surface area contributed by atoms with Crippen LogP contribution >= 0.6 is 11.6 Å². The summed E-state index contributed by atoms with van der Waals surface area (Å²) in [5.74, 6) is 0.611. The standard InChI is InChI=1S/C22H22ClN3O2/c1-2-11-24-22(27)20-14-26(18-9-5-6-10-19(18)28-20)13-16-12-15-7-3-4-8-17(15)25-21(16)23/h3-10,12,20H,2,11,13-14H2,1H3,(H,24,27)/t20-/m1/s1. The highest BCUT2D eigenvalue weighted by molar-refractivity contribution is 6.30. The molecule has 1 aliphatic rings. The summed E-state index contributed by atoms with van der Waals surface area (Å²) in [5.41, 5.74) is 2.74. The minimum Gasteiger partial charge on any atom is -0.477 e. The van der Waals surface area contributed by atoms with Crippen LogP contribution < -0.4 is 15.0 Å². The fourth-order valence-corrected chi connectivity index (χ4v) is 3.61. The van der Waals surface area contributed by atoms with Gasteiger partial charge >= 0.3 is 0 Å². The zero-order valence-electron chi connectivity index (χ0n) is 15.7. The van der Waals surface area contributed by atoms with Crippen molar-refractivity contribution in [1.29, 1.82) is 0 Å². The molecule has 0 unspecified atom stereocenters. The highest BCUT2D eigenvalue weighted by Crippen LogP contribution is 2.35. The molecule has 0 aliphatic carbocycles. The van der Waals surface area contributed by atoms with Crippen molar-refractivity contribution in [3.63, 3.8) is 0 Å². The third-order valence-electron chi connectivity index (χ3n) is 4.81. The van der Waals surface area contributed by atoms with Crippen LogP contribution in [0.15, 0.2) is 54.6 Å². The van der Waals surface area contributed by atoms with Crippen molar-refractivity contribution in [2.75, 3.05) is 18.0 Å². The van der Waals surface area contributed by atoms with Gasteiger partial charge in [0.1, 0.15) is 10.9 Å². The molecular weight excluding hydrogens is 374 g/mol. The van der Waals surface area contributed by atoms with E-state index in [2.05, 4.69) is 21.3 Å². The summed E-state index contributed by atoms with van der Waals surface area (Å²) in [7, 11) is 0. The molecule has 0 spiro atoms. The molecule has 1 aliphatic heterocycles. The van der Waals surface area contributed by atoms with Crippen LogP contribution in [0.1, 0.15) is 18.9 Å². The summed E-state index contributed by atoms with van der Waals surface area (Å²) >= 11 is 6.47. The van der Waals surface area contributed by atoms with Gasteiger partial charge in [0.25, 0.3) is 5.91 Å². The van der Waals surface area contributed by atoms with Crippen molar-refractivity contribution in [2.24, 2.45) is 0 Å². The molecule has 0 fully saturated rings. The van der Waals surface area contributed by atoms with Gasteiger partial charge in [0.2, 0.25) is 0 Å². The topological polar surface area (TPSA) is 54.5 Å². The number of amides is 1. The number of hydrogen-bond acceptors (Lipinski definition) is 4. The lowest BCUT2D eigenvalue weighted by Crippen LogP contribution is -2.48. The van der Waals surface area contributed by atoms with Gasteiger partial charge in [-0.05, 0) is 30.7 Å². The Labute approximate surface area is 169 Å². The van der Waals surface area contributed by atoms with Crippen LogP contribution in [-0.4, -0.2) is 30.1 Å². The number of halogens is 1. The lowest BCUT2D eigenvalue weighted by Gasteiger charge is -2.35. The molecular formula is C22H22ClN3O2. The molecule has 5 nitrogen and oxygen atoms in total. The van der Waals surface area contributed by atoms with Gasteiger partial charge in [0, 0.05) is 24.0 Å². The number of carbonyl (C=O) groups excluding carboxylic acids is 1. The van der Waals surface area contributed by atoms with Crippen molar-refractivity contribution < 1.29 is 9.53 Å². The zero-order chi connectivity index (χ0) is 19.5. The van der Waals surface area contributed by atoms with E-state index in [4.69, 9.17) is 16.3 Å². The molecule has 2 aromatic carbocycles. The van der Waals surface area contributed by atoms with E-state index < -0.39 is 6.10 Å². The second-order valence-electron chi connectivity index (χ2n) is 6.88. The molecule has 0 bridgehead atoms. The Morgan fingerprint density at radius 1 is 1.25 bits per heavy atom. The first-order valence-corrected chi connectivity index (χ1v) is 9.86. The number of nitrogens with zero attached hydrogens (tertiary/aromatic N) is 2. The maximum atomic E-state index is 12.5. The molecule has 0 radical (unpaired) electrons. The Hall–Kier alpha value is -2.79. The average Bonchev–Trinajstić information content (AvgIpc) is 2.72. The number of fused-ring (bicyclic) bond motifs is 2. The van der Waals surface area contributed by atoms with Crippen LogP contribution in [0.5, 0.6) is 5.75 Å². The fourth-order valence-electron chi connectivity index (χ4n) is 3.41. The molecule has 1 N–H and O–H groups in total. The number of nitrogens with one attached hydrogen (secondary N) is 1. The first kappa shape index (κ1) is 18.6. The molecule has 4 rings (SSSR count). The van der Waals surface area contributed by atoms with E-state index in [1.807, 2.05) is 55.5 Å². The van der Waals surface area contributed by atoms with Crippen LogP contribution in [-0.2, 0) is 11.3 Å². The molecule has 1 atom stereocenters. The Balaban J connectivity index is 1.64. The van der Waals surface area contributed by atoms with E-state index in [1.54, 1.807) is 0 Å². The summed E-state index contributed by atoms with van der Waals surface area (Å²) in [6.45, 7) is 3.67. The van der Waals surface area contributed by atoms with Crippen LogP contribution in [0.4, 0.5) is 5.69 Å². The van der Waals surface area contributed by atoms with Crippen LogP contribution in [0, 0.1) is 0 Å². The van der Waals surface area contributed by atoms with Crippen LogP contribution in [0.25, 0.3) is 10.9 Å². The maximum absolute atomic E-state index is 12.5. The van der Waals surface area contributed by atoms with Gasteiger partial charge in [-0.15, -0.1) is 0 Å². The number of pyridine rings is 1. The van der Waals surface area contributed by atoms with E-state index in [1.165, 1.54) is 0 Å². The highest BCUT2D eigenvalue weighted by Gasteiger charge is 2.30. The Kier molecular flexibility index (Phi) is 5.35. The number of hydrogen-bond donors (Lipinski definition) is 1. The number of carbonyl (C=O) groups is 1.